The predicted octanol–water partition coefficient (Wildman–Crippen LogP) is 0.374. The van der Waals surface area contributed by atoms with Crippen molar-refractivity contribution in [3.8, 4) is 12.3 Å². The second kappa shape index (κ2) is 3.59. The first-order valence-electron chi connectivity index (χ1n) is 2.77. The zero-order chi connectivity index (χ0) is 8.20. The van der Waals surface area contributed by atoms with Crippen LogP contribution >= 0.6 is 0 Å². The Balaban J connectivity index is 3.83. The van der Waals surface area contributed by atoms with Crippen molar-refractivity contribution in [2.75, 3.05) is 6.26 Å². The van der Waals surface area contributed by atoms with Gasteiger partial charge in [-0.1, -0.05) is 0 Å². The van der Waals surface area contributed by atoms with Gasteiger partial charge in [0.2, 0.25) is 0 Å². The Labute approximate surface area is 61.5 Å². The number of terminal acetylenes is 1. The molecule has 0 N–H and O–H groups in total. The minimum absolute atomic E-state index is 0.313. The van der Waals surface area contributed by atoms with Gasteiger partial charge in [0.25, 0.3) is 10.1 Å². The van der Waals surface area contributed by atoms with E-state index in [-0.39, 0.29) is 0 Å². The van der Waals surface area contributed by atoms with Gasteiger partial charge in [0.05, 0.1) is 12.4 Å². The fraction of sp³-hybridized carbons (Fsp3) is 0.667. The smallest absolute Gasteiger partial charge is 0.264 e. The molecule has 0 saturated heterocycles. The maximum Gasteiger partial charge on any atom is 0.264 e. The topological polar surface area (TPSA) is 43.4 Å². The van der Waals surface area contributed by atoms with Crippen LogP contribution in [0.5, 0.6) is 0 Å². The maximum absolute atomic E-state index is 10.4. The van der Waals surface area contributed by atoms with Gasteiger partial charge in [0, 0.05) is 6.42 Å². The van der Waals surface area contributed by atoms with Crippen LogP contribution < -0.4 is 0 Å². The van der Waals surface area contributed by atoms with Gasteiger partial charge in [-0.15, -0.1) is 12.3 Å². The molecule has 4 heteroatoms. The molecule has 0 spiro atoms. The molecule has 0 aliphatic rings. The van der Waals surface area contributed by atoms with Crippen LogP contribution in [0.15, 0.2) is 0 Å². The molecule has 0 rings (SSSR count). The van der Waals surface area contributed by atoms with Crippen molar-refractivity contribution in [3.05, 3.63) is 0 Å². The Bertz CT molecular complexity index is 222. The molecule has 0 aromatic heterocycles. The van der Waals surface area contributed by atoms with Crippen LogP contribution in [-0.2, 0) is 14.3 Å². The summed E-state index contributed by atoms with van der Waals surface area (Å²) < 4.78 is 25.4. The average molecular weight is 162 g/mol. The highest BCUT2D eigenvalue weighted by molar-refractivity contribution is 7.86. The standard InChI is InChI=1S/C6H10O3S/c1-4-5-6(2)9-10(3,7)8/h1,6H,5H2,2-3H3. The Morgan fingerprint density at radius 2 is 2.20 bits per heavy atom. The molecule has 0 aliphatic heterocycles. The molecule has 1 atom stereocenters. The average Bonchev–Trinajstić information content (AvgIpc) is 1.59. The summed E-state index contributed by atoms with van der Waals surface area (Å²) in [7, 11) is -3.34. The number of hydrogen-bond acceptors (Lipinski definition) is 3. The van der Waals surface area contributed by atoms with E-state index in [1.807, 2.05) is 0 Å². The molecule has 1 unspecified atom stereocenters. The fourth-order valence-electron chi connectivity index (χ4n) is 0.498. The van der Waals surface area contributed by atoms with E-state index >= 15 is 0 Å². The molecule has 0 amide bonds. The number of rotatable bonds is 3. The first-order chi connectivity index (χ1) is 4.45. The molecule has 3 nitrogen and oxygen atoms in total. The van der Waals surface area contributed by atoms with Crippen LogP contribution in [-0.4, -0.2) is 20.8 Å². The van der Waals surface area contributed by atoms with Crippen molar-refractivity contribution < 1.29 is 12.6 Å². The molecule has 0 aliphatic carbocycles. The summed E-state index contributed by atoms with van der Waals surface area (Å²) >= 11 is 0. The van der Waals surface area contributed by atoms with Gasteiger partial charge in [0.15, 0.2) is 0 Å². The van der Waals surface area contributed by atoms with Crippen LogP contribution in [0, 0.1) is 12.3 Å². The molecule has 0 radical (unpaired) electrons. The van der Waals surface area contributed by atoms with Crippen molar-refractivity contribution in [1.29, 1.82) is 0 Å². The third-order valence-electron chi connectivity index (χ3n) is 0.744. The van der Waals surface area contributed by atoms with Gasteiger partial charge in [-0.2, -0.15) is 8.42 Å². The lowest BCUT2D eigenvalue weighted by atomic mass is 10.3. The molecular formula is C6H10O3S. The lowest BCUT2D eigenvalue weighted by Crippen LogP contribution is -2.12. The molecule has 0 bridgehead atoms. The summed E-state index contributed by atoms with van der Waals surface area (Å²) in [5.41, 5.74) is 0. The SMILES string of the molecule is C#CCC(C)OS(C)(=O)=O. The first kappa shape index (κ1) is 9.47. The Morgan fingerprint density at radius 3 is 2.50 bits per heavy atom. The zero-order valence-corrected chi connectivity index (χ0v) is 6.81. The van der Waals surface area contributed by atoms with Crippen molar-refractivity contribution in [1.82, 2.24) is 0 Å². The summed E-state index contributed by atoms with van der Waals surface area (Å²) in [6.07, 6.45) is 5.82. The molecular weight excluding hydrogens is 152 g/mol. The van der Waals surface area contributed by atoms with Gasteiger partial charge in [0.1, 0.15) is 0 Å². The third-order valence-corrected chi connectivity index (χ3v) is 1.42. The minimum atomic E-state index is -3.34. The van der Waals surface area contributed by atoms with Gasteiger partial charge in [-0.05, 0) is 6.92 Å². The van der Waals surface area contributed by atoms with Gasteiger partial charge >= 0.3 is 0 Å². The monoisotopic (exact) mass is 162 g/mol. The summed E-state index contributed by atoms with van der Waals surface area (Å²) in [6, 6.07) is 0. The summed E-state index contributed by atoms with van der Waals surface area (Å²) in [6.45, 7) is 1.61. The van der Waals surface area contributed by atoms with Crippen LogP contribution in [0.2, 0.25) is 0 Å². The summed E-state index contributed by atoms with van der Waals surface area (Å²) in [4.78, 5) is 0. The van der Waals surface area contributed by atoms with Crippen molar-refractivity contribution in [2.45, 2.75) is 19.4 Å². The highest BCUT2D eigenvalue weighted by Gasteiger charge is 2.07. The Hall–Kier alpha value is -0.530. The minimum Gasteiger partial charge on any atom is -0.266 e. The quantitative estimate of drug-likeness (QED) is 0.445. The van der Waals surface area contributed by atoms with Crippen molar-refractivity contribution in [3.63, 3.8) is 0 Å². The fourth-order valence-corrected chi connectivity index (χ4v) is 1.16. The lowest BCUT2D eigenvalue weighted by molar-refractivity contribution is 0.237. The second-order valence-corrected chi connectivity index (χ2v) is 3.62. The molecule has 0 aromatic rings. The van der Waals surface area contributed by atoms with E-state index in [2.05, 4.69) is 10.1 Å². The van der Waals surface area contributed by atoms with Gasteiger partial charge < -0.3 is 0 Å². The molecule has 0 heterocycles. The zero-order valence-electron chi connectivity index (χ0n) is 5.99. The molecule has 0 saturated carbocycles. The summed E-state index contributed by atoms with van der Waals surface area (Å²) in [5.74, 6) is 2.30. The first-order valence-corrected chi connectivity index (χ1v) is 4.59. The van der Waals surface area contributed by atoms with Gasteiger partial charge in [-0.3, -0.25) is 4.18 Å². The largest absolute Gasteiger partial charge is 0.266 e. The molecule has 10 heavy (non-hydrogen) atoms. The Kier molecular flexibility index (Phi) is 3.40. The predicted molar refractivity (Wildman–Crippen MR) is 38.8 cm³/mol. The molecule has 0 aromatic carbocycles. The Morgan fingerprint density at radius 1 is 1.70 bits per heavy atom. The van der Waals surface area contributed by atoms with Crippen molar-refractivity contribution >= 4 is 10.1 Å². The van der Waals surface area contributed by atoms with Crippen LogP contribution in [0.4, 0.5) is 0 Å². The van der Waals surface area contributed by atoms with E-state index in [1.54, 1.807) is 6.92 Å². The van der Waals surface area contributed by atoms with Crippen LogP contribution in [0.3, 0.4) is 0 Å². The molecule has 58 valence electrons. The van der Waals surface area contributed by atoms with Crippen molar-refractivity contribution in [2.24, 2.45) is 0 Å². The number of hydrogen-bond donors (Lipinski definition) is 0. The highest BCUT2D eigenvalue weighted by Crippen LogP contribution is 1.99. The van der Waals surface area contributed by atoms with E-state index in [0.717, 1.165) is 6.26 Å². The lowest BCUT2D eigenvalue weighted by Gasteiger charge is -2.05. The summed E-state index contributed by atoms with van der Waals surface area (Å²) in [5, 5.41) is 0. The molecule has 0 fully saturated rings. The van der Waals surface area contributed by atoms with E-state index in [4.69, 9.17) is 6.42 Å². The normalized spacial score (nSPS) is 14.1. The van der Waals surface area contributed by atoms with E-state index in [1.165, 1.54) is 0 Å². The maximum atomic E-state index is 10.4. The van der Waals surface area contributed by atoms with Crippen LogP contribution in [0.25, 0.3) is 0 Å². The van der Waals surface area contributed by atoms with Crippen LogP contribution in [0.1, 0.15) is 13.3 Å². The van der Waals surface area contributed by atoms with E-state index in [9.17, 15) is 8.42 Å². The van der Waals surface area contributed by atoms with E-state index < -0.39 is 16.2 Å². The second-order valence-electron chi connectivity index (χ2n) is 2.02. The highest BCUT2D eigenvalue weighted by atomic mass is 32.2. The third kappa shape index (κ3) is 5.60. The van der Waals surface area contributed by atoms with Gasteiger partial charge in [-0.25, -0.2) is 0 Å². The van der Waals surface area contributed by atoms with E-state index in [0.29, 0.717) is 6.42 Å².